The predicted molar refractivity (Wildman–Crippen MR) is 59.8 cm³/mol. The molecule has 1 aliphatic rings. The predicted octanol–water partition coefficient (Wildman–Crippen LogP) is 1.60. The van der Waals surface area contributed by atoms with Crippen LogP contribution in [-0.4, -0.2) is 17.1 Å². The van der Waals surface area contributed by atoms with Gasteiger partial charge in [0.05, 0.1) is 0 Å². The molecular weight excluding hydrogens is 202 g/mol. The van der Waals surface area contributed by atoms with Crippen molar-refractivity contribution in [2.75, 3.05) is 0 Å². The maximum Gasteiger partial charge on any atom is 0.231 e. The van der Waals surface area contributed by atoms with Gasteiger partial charge in [0.1, 0.15) is 17.7 Å². The van der Waals surface area contributed by atoms with E-state index in [0.717, 1.165) is 25.7 Å². The highest BCUT2D eigenvalue weighted by atomic mass is 16.5. The Kier molecular flexibility index (Phi) is 3.37. The number of pyridine rings is 1. The van der Waals surface area contributed by atoms with Crippen molar-refractivity contribution in [2.45, 2.75) is 37.8 Å². The number of ether oxygens (including phenoxy) is 1. The lowest BCUT2D eigenvalue weighted by molar-refractivity contribution is 0.138. The number of nitrogens with zero attached hydrogens (tertiary/aromatic N) is 2. The Labute approximate surface area is 95.0 Å². The summed E-state index contributed by atoms with van der Waals surface area (Å²) in [5.74, 6) is 0.434. The van der Waals surface area contributed by atoms with E-state index in [2.05, 4.69) is 11.1 Å². The van der Waals surface area contributed by atoms with Gasteiger partial charge in [0.25, 0.3) is 0 Å². The van der Waals surface area contributed by atoms with Gasteiger partial charge >= 0.3 is 0 Å². The number of hydrogen-bond donors (Lipinski definition) is 1. The largest absolute Gasteiger partial charge is 0.473 e. The number of rotatable bonds is 2. The molecule has 84 valence electrons. The van der Waals surface area contributed by atoms with Crippen LogP contribution < -0.4 is 10.5 Å². The van der Waals surface area contributed by atoms with Crippen LogP contribution in [0.25, 0.3) is 0 Å². The summed E-state index contributed by atoms with van der Waals surface area (Å²) in [6, 6.07) is 5.74. The summed E-state index contributed by atoms with van der Waals surface area (Å²) in [5, 5.41) is 8.91. The zero-order valence-corrected chi connectivity index (χ0v) is 9.10. The van der Waals surface area contributed by atoms with Crippen LogP contribution >= 0.6 is 0 Å². The van der Waals surface area contributed by atoms with Gasteiger partial charge in [-0.15, -0.1) is 0 Å². The van der Waals surface area contributed by atoms with Crippen molar-refractivity contribution in [2.24, 2.45) is 5.73 Å². The van der Waals surface area contributed by atoms with Gasteiger partial charge in [0.15, 0.2) is 0 Å². The zero-order chi connectivity index (χ0) is 11.4. The second-order valence-corrected chi connectivity index (χ2v) is 4.13. The topological polar surface area (TPSA) is 71.9 Å². The molecule has 1 aromatic heterocycles. The summed E-state index contributed by atoms with van der Waals surface area (Å²) in [6.07, 6.45) is 5.73. The maximum atomic E-state index is 8.91. The fourth-order valence-corrected chi connectivity index (χ4v) is 2.02. The third-order valence-corrected chi connectivity index (χ3v) is 2.84. The highest BCUT2D eigenvalue weighted by Crippen LogP contribution is 2.23. The second-order valence-electron chi connectivity index (χ2n) is 4.13. The van der Waals surface area contributed by atoms with Crippen LogP contribution in [0.15, 0.2) is 18.3 Å². The Morgan fingerprint density at radius 1 is 1.50 bits per heavy atom. The molecule has 0 amide bonds. The van der Waals surface area contributed by atoms with Gasteiger partial charge < -0.3 is 10.5 Å². The Morgan fingerprint density at radius 2 is 2.38 bits per heavy atom. The molecule has 2 unspecified atom stereocenters. The van der Waals surface area contributed by atoms with Crippen LogP contribution in [0.4, 0.5) is 0 Å². The van der Waals surface area contributed by atoms with Crippen molar-refractivity contribution < 1.29 is 4.74 Å². The molecule has 1 aliphatic carbocycles. The fraction of sp³-hybridized carbons (Fsp3) is 0.500. The van der Waals surface area contributed by atoms with Gasteiger partial charge in [-0.3, -0.25) is 0 Å². The molecule has 2 rings (SSSR count). The van der Waals surface area contributed by atoms with Crippen LogP contribution in [0.5, 0.6) is 5.88 Å². The number of nitriles is 1. The summed E-state index contributed by atoms with van der Waals surface area (Å²) in [6.45, 7) is 0. The zero-order valence-electron chi connectivity index (χ0n) is 9.10. The van der Waals surface area contributed by atoms with Crippen molar-refractivity contribution in [3.8, 4) is 11.9 Å². The third kappa shape index (κ3) is 2.50. The molecule has 16 heavy (non-hydrogen) atoms. The Hall–Kier alpha value is -1.60. The molecule has 0 aromatic carbocycles. The average Bonchev–Trinajstić information content (AvgIpc) is 2.30. The van der Waals surface area contributed by atoms with Gasteiger partial charge in [-0.1, -0.05) is 0 Å². The number of aromatic nitrogens is 1. The van der Waals surface area contributed by atoms with E-state index < -0.39 is 0 Å². The standard InChI is InChI=1S/C12H15N3O/c13-8-9-3-2-6-15-12(9)16-11-5-1-4-10(14)7-11/h2-3,6,10-11H,1,4-5,7,14H2. The lowest BCUT2D eigenvalue weighted by Crippen LogP contribution is -2.34. The lowest BCUT2D eigenvalue weighted by atomic mass is 9.93. The highest BCUT2D eigenvalue weighted by Gasteiger charge is 2.21. The molecule has 0 radical (unpaired) electrons. The smallest absolute Gasteiger partial charge is 0.231 e. The summed E-state index contributed by atoms with van der Waals surface area (Å²) in [7, 11) is 0. The van der Waals surface area contributed by atoms with E-state index in [0.29, 0.717) is 11.4 Å². The van der Waals surface area contributed by atoms with Crippen LogP contribution in [-0.2, 0) is 0 Å². The van der Waals surface area contributed by atoms with E-state index in [-0.39, 0.29) is 12.1 Å². The molecule has 1 aromatic rings. The summed E-state index contributed by atoms with van der Waals surface area (Å²) >= 11 is 0. The van der Waals surface area contributed by atoms with E-state index in [9.17, 15) is 0 Å². The summed E-state index contributed by atoms with van der Waals surface area (Å²) in [5.41, 5.74) is 6.37. The van der Waals surface area contributed by atoms with Crippen molar-refractivity contribution in [1.82, 2.24) is 4.98 Å². The first-order chi connectivity index (χ1) is 7.79. The maximum absolute atomic E-state index is 8.91. The minimum absolute atomic E-state index is 0.103. The summed E-state index contributed by atoms with van der Waals surface area (Å²) in [4.78, 5) is 4.08. The first kappa shape index (κ1) is 10.9. The van der Waals surface area contributed by atoms with Crippen LogP contribution in [0.3, 0.4) is 0 Å². The van der Waals surface area contributed by atoms with E-state index >= 15 is 0 Å². The minimum Gasteiger partial charge on any atom is -0.473 e. The molecular formula is C12H15N3O. The summed E-state index contributed by atoms with van der Waals surface area (Å²) < 4.78 is 5.73. The lowest BCUT2D eigenvalue weighted by Gasteiger charge is -2.26. The number of hydrogen-bond acceptors (Lipinski definition) is 4. The Bertz CT molecular complexity index is 399. The quantitative estimate of drug-likeness (QED) is 0.816. The SMILES string of the molecule is N#Cc1cccnc1OC1CCCC(N)C1. The van der Waals surface area contributed by atoms with Crippen molar-refractivity contribution in [3.63, 3.8) is 0 Å². The van der Waals surface area contributed by atoms with E-state index in [4.69, 9.17) is 15.7 Å². The molecule has 2 N–H and O–H groups in total. The van der Waals surface area contributed by atoms with Crippen molar-refractivity contribution in [1.29, 1.82) is 5.26 Å². The van der Waals surface area contributed by atoms with Crippen LogP contribution in [0.1, 0.15) is 31.2 Å². The molecule has 2 atom stereocenters. The van der Waals surface area contributed by atoms with Gasteiger partial charge in [-0.25, -0.2) is 4.98 Å². The second kappa shape index (κ2) is 4.95. The fourth-order valence-electron chi connectivity index (χ4n) is 2.02. The monoisotopic (exact) mass is 217 g/mol. The molecule has 0 aliphatic heterocycles. The van der Waals surface area contributed by atoms with Crippen molar-refractivity contribution >= 4 is 0 Å². The Morgan fingerprint density at radius 3 is 3.12 bits per heavy atom. The molecule has 1 saturated carbocycles. The first-order valence-electron chi connectivity index (χ1n) is 5.57. The van der Waals surface area contributed by atoms with Gasteiger partial charge in [0.2, 0.25) is 5.88 Å². The van der Waals surface area contributed by atoms with E-state index in [1.165, 1.54) is 0 Å². The first-order valence-corrected chi connectivity index (χ1v) is 5.57. The molecule has 0 bridgehead atoms. The van der Waals surface area contributed by atoms with Crippen molar-refractivity contribution in [3.05, 3.63) is 23.9 Å². The molecule has 0 spiro atoms. The van der Waals surface area contributed by atoms with E-state index in [1.54, 1.807) is 18.3 Å². The van der Waals surface area contributed by atoms with Crippen LogP contribution in [0.2, 0.25) is 0 Å². The molecule has 0 saturated heterocycles. The molecule has 1 heterocycles. The van der Waals surface area contributed by atoms with E-state index in [1.807, 2.05) is 0 Å². The van der Waals surface area contributed by atoms with Gasteiger partial charge in [0, 0.05) is 12.2 Å². The minimum atomic E-state index is 0.103. The molecule has 4 heteroatoms. The molecule has 4 nitrogen and oxygen atoms in total. The third-order valence-electron chi connectivity index (χ3n) is 2.84. The number of nitrogens with two attached hydrogens (primary N) is 1. The van der Waals surface area contributed by atoms with Crippen LogP contribution in [0, 0.1) is 11.3 Å². The Balaban J connectivity index is 2.06. The van der Waals surface area contributed by atoms with Gasteiger partial charge in [-0.2, -0.15) is 5.26 Å². The highest BCUT2D eigenvalue weighted by molar-refractivity contribution is 5.37. The average molecular weight is 217 g/mol. The molecule has 1 fully saturated rings. The van der Waals surface area contributed by atoms with Gasteiger partial charge in [-0.05, 0) is 37.8 Å². The normalized spacial score (nSPS) is 24.8.